The first-order valence-electron chi connectivity index (χ1n) is 10.4. The predicted molar refractivity (Wildman–Crippen MR) is 120 cm³/mol. The number of carbonyl (C=O) groups is 1. The highest BCUT2D eigenvalue weighted by Gasteiger charge is 2.25. The minimum absolute atomic E-state index is 0.0130. The molecule has 8 heteroatoms. The number of H-pyrrole nitrogens is 1. The highest BCUT2D eigenvalue weighted by Crippen LogP contribution is 2.27. The van der Waals surface area contributed by atoms with Crippen molar-refractivity contribution < 1.29 is 9.53 Å². The van der Waals surface area contributed by atoms with E-state index >= 15 is 0 Å². The lowest BCUT2D eigenvalue weighted by Gasteiger charge is -2.33. The van der Waals surface area contributed by atoms with E-state index in [2.05, 4.69) is 20.4 Å². The molecule has 0 bridgehead atoms. The molecular weight excluding hydrogens is 394 g/mol. The summed E-state index contributed by atoms with van der Waals surface area (Å²) >= 11 is 0. The Morgan fingerprint density at radius 1 is 1.23 bits per heavy atom. The van der Waals surface area contributed by atoms with E-state index in [1.54, 1.807) is 13.2 Å². The molecule has 2 N–H and O–H groups in total. The van der Waals surface area contributed by atoms with E-state index in [0.29, 0.717) is 12.1 Å². The summed E-state index contributed by atoms with van der Waals surface area (Å²) < 4.78 is 7.27. The van der Waals surface area contributed by atoms with Crippen LogP contribution in [0.3, 0.4) is 0 Å². The molecule has 1 saturated heterocycles. The van der Waals surface area contributed by atoms with Crippen molar-refractivity contribution in [1.29, 1.82) is 0 Å². The number of ether oxygens (including phenoxy) is 1. The predicted octanol–water partition coefficient (Wildman–Crippen LogP) is 2.49. The molecule has 1 aliphatic heterocycles. The van der Waals surface area contributed by atoms with Crippen molar-refractivity contribution in [3.8, 4) is 17.0 Å². The van der Waals surface area contributed by atoms with Gasteiger partial charge in [0.15, 0.2) is 0 Å². The van der Waals surface area contributed by atoms with Crippen LogP contribution in [-0.2, 0) is 7.05 Å². The molecule has 1 aromatic carbocycles. The number of aromatic nitrogens is 3. The van der Waals surface area contributed by atoms with Crippen molar-refractivity contribution in [2.75, 3.05) is 25.1 Å². The van der Waals surface area contributed by atoms with Crippen LogP contribution in [0.25, 0.3) is 11.3 Å². The van der Waals surface area contributed by atoms with Crippen molar-refractivity contribution in [2.24, 2.45) is 7.05 Å². The largest absolute Gasteiger partial charge is 0.497 e. The number of benzene rings is 1. The van der Waals surface area contributed by atoms with E-state index in [-0.39, 0.29) is 17.5 Å². The highest BCUT2D eigenvalue weighted by atomic mass is 16.5. The third-order valence-electron chi connectivity index (χ3n) is 5.91. The number of hydrogen-bond donors (Lipinski definition) is 2. The Kier molecular flexibility index (Phi) is 5.79. The van der Waals surface area contributed by atoms with Crippen LogP contribution in [0.15, 0.2) is 47.3 Å². The van der Waals surface area contributed by atoms with Gasteiger partial charge in [0.25, 0.3) is 11.5 Å². The number of methoxy groups -OCH3 is 1. The molecule has 8 nitrogen and oxygen atoms in total. The Labute approximate surface area is 180 Å². The zero-order valence-electron chi connectivity index (χ0n) is 18.0. The fraction of sp³-hybridized carbons (Fsp3) is 0.348. The number of hydrogen-bond acceptors (Lipinski definition) is 5. The maximum atomic E-state index is 13.1. The molecule has 3 aromatic rings. The molecule has 1 aliphatic rings. The van der Waals surface area contributed by atoms with E-state index in [1.165, 1.54) is 6.07 Å². The Morgan fingerprint density at radius 2 is 2.00 bits per heavy atom. The van der Waals surface area contributed by atoms with Gasteiger partial charge in [-0.25, -0.2) is 5.10 Å². The molecule has 0 aliphatic carbocycles. The number of carbonyl (C=O) groups excluding carboxylic acids is 1. The van der Waals surface area contributed by atoms with Crippen LogP contribution < -0.4 is 20.5 Å². The fourth-order valence-electron chi connectivity index (χ4n) is 4.05. The number of anilines is 1. The Bertz CT molecular complexity index is 1110. The molecule has 1 amide bonds. The second-order valence-electron chi connectivity index (χ2n) is 7.85. The number of nitrogens with zero attached hydrogens (tertiary/aromatic N) is 3. The van der Waals surface area contributed by atoms with E-state index in [0.717, 1.165) is 47.9 Å². The number of aromatic amines is 1. The third kappa shape index (κ3) is 4.33. The molecule has 3 heterocycles. The minimum atomic E-state index is -0.224. The Balaban J connectivity index is 1.49. The average Bonchev–Trinajstić information content (AvgIpc) is 3.09. The number of rotatable bonds is 5. The highest BCUT2D eigenvalue weighted by molar-refractivity contribution is 5.97. The summed E-state index contributed by atoms with van der Waals surface area (Å²) in [5, 5.41) is 9.77. The van der Waals surface area contributed by atoms with Gasteiger partial charge in [0.05, 0.1) is 12.7 Å². The van der Waals surface area contributed by atoms with E-state index < -0.39 is 0 Å². The van der Waals surface area contributed by atoms with Gasteiger partial charge in [0, 0.05) is 43.6 Å². The van der Waals surface area contributed by atoms with Crippen LogP contribution in [0.2, 0.25) is 0 Å². The Hall–Kier alpha value is -3.55. The van der Waals surface area contributed by atoms with Crippen molar-refractivity contribution in [1.82, 2.24) is 20.1 Å². The zero-order valence-corrected chi connectivity index (χ0v) is 18.0. The van der Waals surface area contributed by atoms with E-state index in [9.17, 15) is 9.59 Å². The van der Waals surface area contributed by atoms with Gasteiger partial charge in [-0.05, 0) is 61.7 Å². The molecule has 1 fully saturated rings. The zero-order chi connectivity index (χ0) is 22.0. The smallest absolute Gasteiger partial charge is 0.264 e. The molecule has 1 atom stereocenters. The summed E-state index contributed by atoms with van der Waals surface area (Å²) in [6, 6.07) is 13.0. The van der Waals surface area contributed by atoms with Crippen LogP contribution >= 0.6 is 0 Å². The molecule has 31 heavy (non-hydrogen) atoms. The second-order valence-corrected chi connectivity index (χ2v) is 7.85. The first kappa shape index (κ1) is 20.7. The first-order valence-corrected chi connectivity index (χ1v) is 10.4. The summed E-state index contributed by atoms with van der Waals surface area (Å²) in [4.78, 5) is 26.4. The molecule has 1 unspecified atom stereocenters. The lowest BCUT2D eigenvalue weighted by Crippen LogP contribution is -2.48. The van der Waals surface area contributed by atoms with Crippen LogP contribution in [0.1, 0.15) is 28.9 Å². The summed E-state index contributed by atoms with van der Waals surface area (Å²) in [6.07, 6.45) is 1.85. The summed E-state index contributed by atoms with van der Waals surface area (Å²) in [5.41, 5.74) is 3.37. The Morgan fingerprint density at radius 3 is 2.68 bits per heavy atom. The molecule has 2 aromatic heterocycles. The van der Waals surface area contributed by atoms with Crippen molar-refractivity contribution >= 4 is 11.7 Å². The van der Waals surface area contributed by atoms with E-state index in [4.69, 9.17) is 4.74 Å². The number of amides is 1. The van der Waals surface area contributed by atoms with Crippen LogP contribution in [-0.4, -0.2) is 46.9 Å². The lowest BCUT2D eigenvalue weighted by atomic mass is 10.0. The lowest BCUT2D eigenvalue weighted by molar-refractivity contribution is 0.0932. The molecule has 0 radical (unpaired) electrons. The average molecular weight is 422 g/mol. The van der Waals surface area contributed by atoms with Gasteiger partial charge in [-0.15, -0.1) is 0 Å². The van der Waals surface area contributed by atoms with Gasteiger partial charge in [0.2, 0.25) is 0 Å². The first-order chi connectivity index (χ1) is 15.0. The van der Waals surface area contributed by atoms with Crippen LogP contribution in [0, 0.1) is 6.92 Å². The molecule has 162 valence electrons. The molecule has 4 rings (SSSR count). The molecular formula is C23H27N5O3. The van der Waals surface area contributed by atoms with Crippen LogP contribution in [0.4, 0.5) is 5.82 Å². The standard InChI is InChI=1S/C23H27N5O3/c1-15-19(13-20(27(15)2)16-6-8-18(31-3)9-7-16)23(30)24-17-5-4-12-28(14-17)21-10-11-22(29)26-25-21/h6-11,13,17H,4-5,12,14H2,1-3H3,(H,24,30)(H,26,29). The van der Waals surface area contributed by atoms with Crippen molar-refractivity contribution in [2.45, 2.75) is 25.8 Å². The molecule has 0 spiro atoms. The second kappa shape index (κ2) is 8.67. The van der Waals surface area contributed by atoms with Gasteiger partial charge in [-0.1, -0.05) is 0 Å². The van der Waals surface area contributed by atoms with Gasteiger partial charge in [-0.3, -0.25) is 9.59 Å². The summed E-state index contributed by atoms with van der Waals surface area (Å²) in [5.74, 6) is 1.44. The van der Waals surface area contributed by atoms with Gasteiger partial charge in [-0.2, -0.15) is 5.10 Å². The van der Waals surface area contributed by atoms with E-state index in [1.807, 2.05) is 48.9 Å². The monoisotopic (exact) mass is 421 g/mol. The van der Waals surface area contributed by atoms with Gasteiger partial charge < -0.3 is 19.5 Å². The van der Waals surface area contributed by atoms with Gasteiger partial charge in [0.1, 0.15) is 11.6 Å². The third-order valence-corrected chi connectivity index (χ3v) is 5.91. The normalized spacial score (nSPS) is 16.2. The quantitative estimate of drug-likeness (QED) is 0.660. The fourth-order valence-corrected chi connectivity index (χ4v) is 4.05. The van der Waals surface area contributed by atoms with Crippen molar-refractivity contribution in [3.63, 3.8) is 0 Å². The number of piperidine rings is 1. The SMILES string of the molecule is COc1ccc(-c2cc(C(=O)NC3CCCN(c4ccc(=O)[nH]n4)C3)c(C)n2C)cc1. The maximum Gasteiger partial charge on any atom is 0.264 e. The van der Waals surface area contributed by atoms with Crippen molar-refractivity contribution in [3.05, 3.63) is 64.1 Å². The van der Waals surface area contributed by atoms with Crippen LogP contribution in [0.5, 0.6) is 5.75 Å². The topological polar surface area (TPSA) is 92.2 Å². The minimum Gasteiger partial charge on any atom is -0.497 e. The summed E-state index contributed by atoms with van der Waals surface area (Å²) in [7, 11) is 3.61. The molecule has 0 saturated carbocycles. The van der Waals surface area contributed by atoms with Gasteiger partial charge >= 0.3 is 0 Å². The summed E-state index contributed by atoms with van der Waals surface area (Å²) in [6.45, 7) is 3.46. The maximum absolute atomic E-state index is 13.1. The number of nitrogens with one attached hydrogen (secondary N) is 2.